The topological polar surface area (TPSA) is 51.8 Å². The van der Waals surface area contributed by atoms with Crippen LogP contribution in [0.3, 0.4) is 0 Å². The second-order valence-corrected chi connectivity index (χ2v) is 5.05. The third-order valence-electron chi connectivity index (χ3n) is 3.39. The third-order valence-corrected chi connectivity index (χ3v) is 3.59. The van der Waals surface area contributed by atoms with Gasteiger partial charge in [0.25, 0.3) is 5.89 Å². The Bertz CT molecular complexity index is 535. The molecule has 0 unspecified atom stereocenters. The van der Waals surface area contributed by atoms with Crippen molar-refractivity contribution >= 4 is 11.6 Å². The molecule has 2 aromatic rings. The van der Waals surface area contributed by atoms with Crippen molar-refractivity contribution in [1.82, 2.24) is 15.1 Å². The number of nitrogens with zero attached hydrogens (tertiary/aromatic N) is 3. The molecule has 0 radical (unpaired) electrons. The smallest absolute Gasteiger partial charge is 0.258 e. The molecular formula is C13H14ClN3O. The molecule has 2 heterocycles. The highest BCUT2D eigenvalue weighted by molar-refractivity contribution is 6.29. The average molecular weight is 264 g/mol. The van der Waals surface area contributed by atoms with Crippen LogP contribution in [0.15, 0.2) is 22.9 Å². The molecule has 1 aliphatic carbocycles. The van der Waals surface area contributed by atoms with Gasteiger partial charge in [0.05, 0.1) is 0 Å². The van der Waals surface area contributed by atoms with Crippen LogP contribution in [-0.2, 0) is 0 Å². The highest BCUT2D eigenvalue weighted by Gasteiger charge is 2.21. The number of hydrogen-bond donors (Lipinski definition) is 0. The van der Waals surface area contributed by atoms with Gasteiger partial charge in [-0.2, -0.15) is 4.98 Å². The van der Waals surface area contributed by atoms with Gasteiger partial charge >= 0.3 is 0 Å². The molecule has 0 N–H and O–H groups in total. The summed E-state index contributed by atoms with van der Waals surface area (Å²) in [7, 11) is 0. The van der Waals surface area contributed by atoms with Crippen molar-refractivity contribution in [3.05, 3.63) is 29.3 Å². The van der Waals surface area contributed by atoms with Gasteiger partial charge in [-0.25, -0.2) is 4.98 Å². The quantitative estimate of drug-likeness (QED) is 0.773. The molecule has 2 aromatic heterocycles. The minimum Gasteiger partial charge on any atom is -0.334 e. The number of hydrogen-bond acceptors (Lipinski definition) is 4. The van der Waals surface area contributed by atoms with Crippen molar-refractivity contribution in [3.8, 4) is 11.5 Å². The fourth-order valence-electron chi connectivity index (χ4n) is 2.41. The Kier molecular flexibility index (Phi) is 3.28. The Morgan fingerprint density at radius 2 is 2.06 bits per heavy atom. The van der Waals surface area contributed by atoms with Gasteiger partial charge in [-0.3, -0.25) is 0 Å². The minimum absolute atomic E-state index is 0.435. The fraction of sp³-hybridized carbons (Fsp3) is 0.462. The van der Waals surface area contributed by atoms with Gasteiger partial charge in [0.1, 0.15) is 5.15 Å². The molecule has 0 saturated heterocycles. The number of rotatable bonds is 2. The van der Waals surface area contributed by atoms with Crippen LogP contribution in [0.25, 0.3) is 11.5 Å². The van der Waals surface area contributed by atoms with E-state index in [4.69, 9.17) is 16.1 Å². The molecule has 94 valence electrons. The first kappa shape index (κ1) is 11.7. The van der Waals surface area contributed by atoms with Crippen LogP contribution in [0, 0.1) is 0 Å². The largest absolute Gasteiger partial charge is 0.334 e. The van der Waals surface area contributed by atoms with Crippen LogP contribution in [0.4, 0.5) is 0 Å². The zero-order valence-corrected chi connectivity index (χ0v) is 10.7. The van der Waals surface area contributed by atoms with E-state index < -0.39 is 0 Å². The van der Waals surface area contributed by atoms with E-state index in [0.29, 0.717) is 17.0 Å². The third kappa shape index (κ3) is 2.38. The standard InChI is InChI=1S/C13H14ClN3O/c14-11-8-10(6-7-15-11)13-16-12(17-18-13)9-4-2-1-3-5-9/h6-9H,1-5H2. The van der Waals surface area contributed by atoms with Gasteiger partial charge in [-0.1, -0.05) is 36.0 Å². The second kappa shape index (κ2) is 5.06. The highest BCUT2D eigenvalue weighted by Crippen LogP contribution is 2.32. The first-order valence-corrected chi connectivity index (χ1v) is 6.66. The van der Waals surface area contributed by atoms with E-state index >= 15 is 0 Å². The molecule has 3 rings (SSSR count). The van der Waals surface area contributed by atoms with Crippen LogP contribution in [-0.4, -0.2) is 15.1 Å². The van der Waals surface area contributed by atoms with Crippen LogP contribution < -0.4 is 0 Å². The molecule has 0 aromatic carbocycles. The number of aromatic nitrogens is 3. The van der Waals surface area contributed by atoms with E-state index in [1.165, 1.54) is 19.3 Å². The maximum absolute atomic E-state index is 5.85. The number of halogens is 1. The van der Waals surface area contributed by atoms with Gasteiger partial charge in [0.2, 0.25) is 0 Å². The summed E-state index contributed by atoms with van der Waals surface area (Å²) >= 11 is 5.85. The van der Waals surface area contributed by atoms with E-state index in [1.54, 1.807) is 12.3 Å². The van der Waals surface area contributed by atoms with Crippen molar-refractivity contribution in [2.75, 3.05) is 0 Å². The van der Waals surface area contributed by atoms with Crippen LogP contribution >= 0.6 is 11.6 Å². The van der Waals surface area contributed by atoms with Crippen molar-refractivity contribution < 1.29 is 4.52 Å². The molecule has 1 saturated carbocycles. The van der Waals surface area contributed by atoms with Crippen LogP contribution in [0.1, 0.15) is 43.8 Å². The van der Waals surface area contributed by atoms with Gasteiger partial charge in [0.15, 0.2) is 5.82 Å². The van der Waals surface area contributed by atoms with Gasteiger partial charge in [0, 0.05) is 17.7 Å². The summed E-state index contributed by atoms with van der Waals surface area (Å²) in [6.45, 7) is 0. The molecule has 5 heteroatoms. The Hall–Kier alpha value is -1.42. The summed E-state index contributed by atoms with van der Waals surface area (Å²) < 4.78 is 5.31. The molecule has 0 bridgehead atoms. The Labute approximate surface area is 110 Å². The summed E-state index contributed by atoms with van der Waals surface area (Å²) in [6.07, 6.45) is 7.81. The SMILES string of the molecule is Clc1cc(-c2nc(C3CCCCC3)no2)ccn1. The van der Waals surface area contributed by atoms with Crippen LogP contribution in [0.2, 0.25) is 5.15 Å². The molecule has 0 aliphatic heterocycles. The van der Waals surface area contributed by atoms with Gasteiger partial charge in [-0.15, -0.1) is 0 Å². The van der Waals surface area contributed by atoms with Crippen molar-refractivity contribution in [3.63, 3.8) is 0 Å². The van der Waals surface area contributed by atoms with E-state index in [0.717, 1.165) is 24.2 Å². The number of pyridine rings is 1. The first-order chi connectivity index (χ1) is 8.83. The molecule has 18 heavy (non-hydrogen) atoms. The maximum Gasteiger partial charge on any atom is 0.258 e. The first-order valence-electron chi connectivity index (χ1n) is 6.28. The van der Waals surface area contributed by atoms with Crippen molar-refractivity contribution in [2.24, 2.45) is 0 Å². The molecule has 1 fully saturated rings. The maximum atomic E-state index is 5.85. The van der Waals surface area contributed by atoms with Gasteiger partial charge < -0.3 is 4.52 Å². The molecular weight excluding hydrogens is 250 g/mol. The summed E-state index contributed by atoms with van der Waals surface area (Å²) in [5.41, 5.74) is 0.824. The Morgan fingerprint density at radius 3 is 2.83 bits per heavy atom. The van der Waals surface area contributed by atoms with E-state index in [-0.39, 0.29) is 0 Å². The normalized spacial score (nSPS) is 16.9. The van der Waals surface area contributed by atoms with Crippen LogP contribution in [0.5, 0.6) is 0 Å². The molecule has 1 aliphatic rings. The average Bonchev–Trinajstić information content (AvgIpc) is 2.89. The lowest BCUT2D eigenvalue weighted by atomic mass is 9.89. The lowest BCUT2D eigenvalue weighted by molar-refractivity contribution is 0.385. The zero-order chi connectivity index (χ0) is 12.4. The Morgan fingerprint density at radius 1 is 1.22 bits per heavy atom. The van der Waals surface area contributed by atoms with Crippen molar-refractivity contribution in [1.29, 1.82) is 0 Å². The lowest BCUT2D eigenvalue weighted by Gasteiger charge is -2.17. The second-order valence-electron chi connectivity index (χ2n) is 4.66. The monoisotopic (exact) mass is 263 g/mol. The predicted molar refractivity (Wildman–Crippen MR) is 68.4 cm³/mol. The van der Waals surface area contributed by atoms with Crippen molar-refractivity contribution in [2.45, 2.75) is 38.0 Å². The fourth-order valence-corrected chi connectivity index (χ4v) is 2.59. The van der Waals surface area contributed by atoms with E-state index in [9.17, 15) is 0 Å². The highest BCUT2D eigenvalue weighted by atomic mass is 35.5. The van der Waals surface area contributed by atoms with E-state index in [2.05, 4.69) is 15.1 Å². The molecule has 0 spiro atoms. The summed E-state index contributed by atoms with van der Waals surface area (Å²) in [5.74, 6) is 1.81. The summed E-state index contributed by atoms with van der Waals surface area (Å²) in [6, 6.07) is 3.56. The van der Waals surface area contributed by atoms with Gasteiger partial charge in [-0.05, 0) is 25.0 Å². The Balaban J connectivity index is 1.84. The molecule has 0 amide bonds. The summed E-state index contributed by atoms with van der Waals surface area (Å²) in [4.78, 5) is 8.42. The van der Waals surface area contributed by atoms with E-state index in [1.807, 2.05) is 6.07 Å². The predicted octanol–water partition coefficient (Wildman–Crippen LogP) is 3.83. The molecule has 4 nitrogen and oxygen atoms in total. The zero-order valence-electron chi connectivity index (χ0n) is 9.97. The minimum atomic E-state index is 0.435. The molecule has 0 atom stereocenters. The lowest BCUT2D eigenvalue weighted by Crippen LogP contribution is -2.06. The summed E-state index contributed by atoms with van der Waals surface area (Å²) in [5, 5.41) is 4.53.